The molecule has 6 rings (SSSR count). The van der Waals surface area contributed by atoms with E-state index < -0.39 is 18.0 Å². The van der Waals surface area contributed by atoms with Crippen molar-refractivity contribution in [3.8, 4) is 17.2 Å². The predicted octanol–water partition coefficient (Wildman–Crippen LogP) is 5.90. The summed E-state index contributed by atoms with van der Waals surface area (Å²) in [5.74, 6) is -0.515. The van der Waals surface area contributed by atoms with Crippen LogP contribution in [-0.2, 0) is 16.1 Å². The molecule has 250 valence electrons. The number of methoxy groups -OCH3 is 2. The average molecular weight is 699 g/mol. The van der Waals surface area contributed by atoms with E-state index in [0.717, 1.165) is 10.8 Å². The lowest BCUT2D eigenvalue weighted by Gasteiger charge is -2.27. The zero-order valence-electron chi connectivity index (χ0n) is 27.0. The number of carbonyl (C=O) groups excluding carboxylic acids is 1. The Morgan fingerprint density at radius 1 is 1.02 bits per heavy atom. The molecule has 5 aromatic rings. The van der Waals surface area contributed by atoms with Gasteiger partial charge in [-0.25, -0.2) is 14.6 Å². The van der Waals surface area contributed by atoms with Gasteiger partial charge in [0.05, 0.1) is 47.2 Å². The van der Waals surface area contributed by atoms with Crippen molar-refractivity contribution in [1.29, 1.82) is 0 Å². The first kappa shape index (κ1) is 33.5. The number of thiazole rings is 1. The number of aromatic carboxylic acids is 1. The summed E-state index contributed by atoms with van der Waals surface area (Å²) >= 11 is 7.85. The van der Waals surface area contributed by atoms with Crippen molar-refractivity contribution in [3.05, 3.63) is 131 Å². The van der Waals surface area contributed by atoms with Gasteiger partial charge in [0.25, 0.3) is 5.56 Å². The molecule has 2 heterocycles. The molecular weight excluding hydrogens is 668 g/mol. The first-order chi connectivity index (χ1) is 23.6. The van der Waals surface area contributed by atoms with E-state index in [9.17, 15) is 19.5 Å². The van der Waals surface area contributed by atoms with Gasteiger partial charge >= 0.3 is 11.9 Å². The summed E-state index contributed by atoms with van der Waals surface area (Å²) in [6, 6.07) is 20.3. The Hall–Kier alpha value is -5.39. The van der Waals surface area contributed by atoms with Crippen molar-refractivity contribution in [1.82, 2.24) is 4.57 Å². The van der Waals surface area contributed by atoms with Gasteiger partial charge in [0.1, 0.15) is 18.4 Å². The molecule has 10 nitrogen and oxygen atoms in total. The third-order valence-corrected chi connectivity index (χ3v) is 9.31. The smallest absolute Gasteiger partial charge is 0.338 e. The number of hydrogen-bond donors (Lipinski definition) is 1. The van der Waals surface area contributed by atoms with E-state index in [0.29, 0.717) is 43.2 Å². The minimum Gasteiger partial charge on any atom is -0.496 e. The Morgan fingerprint density at radius 2 is 1.80 bits per heavy atom. The molecule has 1 aliphatic rings. The molecule has 0 spiro atoms. The molecule has 0 saturated carbocycles. The van der Waals surface area contributed by atoms with E-state index in [-0.39, 0.29) is 40.7 Å². The van der Waals surface area contributed by atoms with Crippen LogP contribution in [0.2, 0.25) is 5.02 Å². The SMILES string of the molecule is CCOC(=O)C1=C(C)N=c2s/c(=C/c3cc(Cl)c(OCc4cccc(C(=O)O)c4)c(OC)c3)c(=O)n2[C@@H]1c1c(OC)ccc2ccccc12. The van der Waals surface area contributed by atoms with Crippen molar-refractivity contribution >= 4 is 51.7 Å². The van der Waals surface area contributed by atoms with Gasteiger partial charge in [-0.1, -0.05) is 65.4 Å². The molecule has 4 aromatic carbocycles. The second kappa shape index (κ2) is 14.0. The number of fused-ring (bicyclic) bond motifs is 2. The highest BCUT2D eigenvalue weighted by Crippen LogP contribution is 2.41. The summed E-state index contributed by atoms with van der Waals surface area (Å²) in [5, 5.41) is 11.3. The van der Waals surface area contributed by atoms with Gasteiger partial charge in [0.15, 0.2) is 16.3 Å². The number of carboxylic acids is 1. The molecule has 0 fully saturated rings. The Morgan fingerprint density at radius 3 is 2.53 bits per heavy atom. The molecule has 1 atom stereocenters. The number of aromatic nitrogens is 1. The van der Waals surface area contributed by atoms with Crippen LogP contribution in [0.1, 0.15) is 46.9 Å². The number of rotatable bonds is 10. The molecule has 1 N–H and O–H groups in total. The molecule has 0 saturated heterocycles. The fourth-order valence-electron chi connectivity index (χ4n) is 5.86. The Bertz CT molecular complexity index is 2340. The lowest BCUT2D eigenvalue weighted by Crippen LogP contribution is -2.40. The van der Waals surface area contributed by atoms with Gasteiger partial charge in [-0.2, -0.15) is 0 Å². The van der Waals surface area contributed by atoms with Gasteiger partial charge in [-0.05, 0) is 72.2 Å². The highest BCUT2D eigenvalue weighted by atomic mass is 35.5. The summed E-state index contributed by atoms with van der Waals surface area (Å²) < 4.78 is 24.7. The van der Waals surface area contributed by atoms with E-state index in [4.69, 9.17) is 35.5 Å². The van der Waals surface area contributed by atoms with Gasteiger partial charge in [0, 0.05) is 5.56 Å². The number of hydrogen-bond acceptors (Lipinski definition) is 9. The second-order valence-corrected chi connectivity index (χ2v) is 12.4. The maximum absolute atomic E-state index is 14.3. The lowest BCUT2D eigenvalue weighted by molar-refractivity contribution is -0.139. The Labute approximate surface area is 289 Å². The first-order valence-electron chi connectivity index (χ1n) is 15.2. The fraction of sp³-hybridized carbons (Fsp3) is 0.189. The number of ether oxygens (including phenoxy) is 4. The number of benzene rings is 4. The van der Waals surface area contributed by atoms with Crippen LogP contribution in [-0.4, -0.2) is 42.4 Å². The lowest BCUT2D eigenvalue weighted by atomic mass is 9.90. The van der Waals surface area contributed by atoms with Crippen molar-refractivity contribution in [2.45, 2.75) is 26.5 Å². The molecule has 0 aliphatic carbocycles. The summed E-state index contributed by atoms with van der Waals surface area (Å²) in [6.07, 6.45) is 1.68. The topological polar surface area (TPSA) is 126 Å². The standard InChI is InChI=1S/C37H31ClN2O8S/c1-5-47-36(44)30-20(2)39-37-40(32(30)31-25-12-7-6-10-23(25)13-14-27(31)45-3)34(41)29(49-37)18-22-16-26(38)33(28(17-22)46-4)48-19-21-9-8-11-24(15-21)35(42)43/h6-18,32H,5,19H2,1-4H3,(H,42,43)/b29-18+/t32-/m0/s1. The van der Waals surface area contributed by atoms with E-state index in [1.54, 1.807) is 51.3 Å². The van der Waals surface area contributed by atoms with E-state index >= 15 is 0 Å². The monoisotopic (exact) mass is 698 g/mol. The summed E-state index contributed by atoms with van der Waals surface area (Å²) in [5.41, 5.74) is 2.30. The fourth-order valence-corrected chi connectivity index (χ4v) is 7.18. The molecule has 49 heavy (non-hydrogen) atoms. The van der Waals surface area contributed by atoms with Gasteiger partial charge in [0.2, 0.25) is 0 Å². The third kappa shape index (κ3) is 6.42. The summed E-state index contributed by atoms with van der Waals surface area (Å²) in [6.45, 7) is 3.66. The van der Waals surface area contributed by atoms with Crippen LogP contribution in [0.25, 0.3) is 16.8 Å². The number of allylic oxidation sites excluding steroid dienone is 1. The average Bonchev–Trinajstić information content (AvgIpc) is 3.40. The van der Waals surface area contributed by atoms with E-state index in [2.05, 4.69) is 0 Å². The number of carboxylic acid groups (broad SMARTS) is 1. The maximum atomic E-state index is 14.3. The highest BCUT2D eigenvalue weighted by molar-refractivity contribution is 7.07. The molecule has 1 aliphatic heterocycles. The minimum atomic E-state index is -1.04. The van der Waals surface area contributed by atoms with Crippen LogP contribution >= 0.6 is 22.9 Å². The molecule has 1 aromatic heterocycles. The minimum absolute atomic E-state index is 0.0505. The van der Waals surface area contributed by atoms with Gasteiger partial charge in [-0.3, -0.25) is 9.36 Å². The quantitative estimate of drug-likeness (QED) is 0.179. The van der Waals surface area contributed by atoms with Crippen molar-refractivity contribution in [2.24, 2.45) is 4.99 Å². The predicted molar refractivity (Wildman–Crippen MR) is 187 cm³/mol. The highest BCUT2D eigenvalue weighted by Gasteiger charge is 2.36. The van der Waals surface area contributed by atoms with Gasteiger partial charge < -0.3 is 24.1 Å². The number of nitrogens with zero attached hydrogens (tertiary/aromatic N) is 2. The Kier molecular flexibility index (Phi) is 9.57. The summed E-state index contributed by atoms with van der Waals surface area (Å²) in [4.78, 5) is 44.3. The van der Waals surface area contributed by atoms with Crippen molar-refractivity contribution < 1.29 is 33.6 Å². The molecule has 12 heteroatoms. The number of halogens is 1. The van der Waals surface area contributed by atoms with Crippen LogP contribution in [0.15, 0.2) is 93.9 Å². The van der Waals surface area contributed by atoms with Crippen molar-refractivity contribution in [2.75, 3.05) is 20.8 Å². The zero-order chi connectivity index (χ0) is 34.8. The summed E-state index contributed by atoms with van der Waals surface area (Å²) in [7, 11) is 3.02. The van der Waals surface area contributed by atoms with E-state index in [1.165, 1.54) is 35.1 Å². The number of carbonyl (C=O) groups is 2. The zero-order valence-corrected chi connectivity index (χ0v) is 28.6. The molecule has 0 unspecified atom stereocenters. The largest absolute Gasteiger partial charge is 0.496 e. The van der Waals surface area contributed by atoms with Crippen molar-refractivity contribution in [3.63, 3.8) is 0 Å². The maximum Gasteiger partial charge on any atom is 0.338 e. The molecule has 0 bridgehead atoms. The van der Waals surface area contributed by atoms with Crippen LogP contribution in [0.3, 0.4) is 0 Å². The van der Waals surface area contributed by atoms with Crippen LogP contribution in [0.4, 0.5) is 0 Å². The van der Waals surface area contributed by atoms with Crippen LogP contribution in [0, 0.1) is 0 Å². The van der Waals surface area contributed by atoms with E-state index in [1.807, 2.05) is 36.4 Å². The van der Waals surface area contributed by atoms with Crippen LogP contribution in [0.5, 0.6) is 17.2 Å². The first-order valence-corrected chi connectivity index (χ1v) is 16.4. The third-order valence-electron chi connectivity index (χ3n) is 8.05. The normalized spacial score (nSPS) is 14.3. The molecule has 0 amide bonds. The second-order valence-electron chi connectivity index (χ2n) is 11.0. The number of esters is 1. The molecular formula is C37H31ClN2O8S. The van der Waals surface area contributed by atoms with Gasteiger partial charge in [-0.15, -0.1) is 0 Å². The molecule has 0 radical (unpaired) electrons. The Balaban J connectivity index is 1.47. The van der Waals surface area contributed by atoms with Crippen LogP contribution < -0.4 is 29.1 Å².